The fraction of sp³-hybridized carbons (Fsp3) is 0.765. The first kappa shape index (κ1) is 18.7. The number of carbonyl (C=O) groups is 1. The van der Waals surface area contributed by atoms with Crippen molar-refractivity contribution in [3.63, 3.8) is 0 Å². The van der Waals surface area contributed by atoms with Crippen LogP contribution in [0.25, 0.3) is 0 Å². The van der Waals surface area contributed by atoms with E-state index in [-0.39, 0.29) is 6.03 Å². The largest absolute Gasteiger partial charge is 0.381 e. The summed E-state index contributed by atoms with van der Waals surface area (Å²) < 4.78 is 10.8. The monoisotopic (exact) mass is 338 g/mol. The second kappa shape index (κ2) is 9.64. The van der Waals surface area contributed by atoms with Gasteiger partial charge in [-0.1, -0.05) is 19.0 Å². The third-order valence-electron chi connectivity index (χ3n) is 3.91. The Bertz CT molecular complexity index is 496. The van der Waals surface area contributed by atoms with E-state index in [2.05, 4.69) is 29.2 Å². The third kappa shape index (κ3) is 6.49. The number of hydrogen-bond donors (Lipinski definition) is 1. The first-order valence-electron chi connectivity index (χ1n) is 8.79. The molecule has 7 nitrogen and oxygen atoms in total. The molecule has 0 saturated carbocycles. The maximum absolute atomic E-state index is 12.1. The van der Waals surface area contributed by atoms with Crippen molar-refractivity contribution in [1.82, 2.24) is 20.3 Å². The summed E-state index contributed by atoms with van der Waals surface area (Å²) in [7, 11) is 0. The highest BCUT2D eigenvalue weighted by molar-refractivity contribution is 5.74. The Morgan fingerprint density at radius 2 is 2.12 bits per heavy atom. The lowest BCUT2D eigenvalue weighted by molar-refractivity contribution is 0.106. The highest BCUT2D eigenvalue weighted by atomic mass is 16.5. The quantitative estimate of drug-likeness (QED) is 0.733. The van der Waals surface area contributed by atoms with Crippen LogP contribution in [0.2, 0.25) is 0 Å². The number of piperazine rings is 1. The molecule has 1 aromatic heterocycles. The van der Waals surface area contributed by atoms with Crippen LogP contribution in [0.4, 0.5) is 4.79 Å². The number of rotatable bonds is 8. The van der Waals surface area contributed by atoms with Gasteiger partial charge in [-0.15, -0.1) is 0 Å². The zero-order valence-electron chi connectivity index (χ0n) is 15.1. The Hall–Kier alpha value is -1.60. The average molecular weight is 338 g/mol. The maximum atomic E-state index is 12.1. The van der Waals surface area contributed by atoms with E-state index in [0.29, 0.717) is 19.1 Å². The molecule has 24 heavy (non-hydrogen) atoms. The smallest absolute Gasteiger partial charge is 0.317 e. The molecule has 0 aliphatic carbocycles. The van der Waals surface area contributed by atoms with Gasteiger partial charge in [0.25, 0.3) is 0 Å². The van der Waals surface area contributed by atoms with Gasteiger partial charge in [-0.2, -0.15) is 0 Å². The second-order valence-electron chi connectivity index (χ2n) is 6.75. The van der Waals surface area contributed by atoms with E-state index in [1.165, 1.54) is 0 Å². The predicted molar refractivity (Wildman–Crippen MR) is 91.8 cm³/mol. The number of aryl methyl sites for hydroxylation is 1. The fourth-order valence-electron chi connectivity index (χ4n) is 2.62. The van der Waals surface area contributed by atoms with Crippen molar-refractivity contribution in [2.45, 2.75) is 33.7 Å². The van der Waals surface area contributed by atoms with Crippen LogP contribution < -0.4 is 5.32 Å². The molecule has 0 unspecified atom stereocenters. The highest BCUT2D eigenvalue weighted by Gasteiger charge is 2.21. The molecule has 0 spiro atoms. The van der Waals surface area contributed by atoms with E-state index in [1.54, 1.807) is 0 Å². The molecular formula is C17H30N4O3. The van der Waals surface area contributed by atoms with E-state index in [9.17, 15) is 4.79 Å². The van der Waals surface area contributed by atoms with Gasteiger partial charge in [-0.05, 0) is 19.3 Å². The molecule has 0 radical (unpaired) electrons. The molecular weight excluding hydrogens is 308 g/mol. The molecule has 1 saturated heterocycles. The van der Waals surface area contributed by atoms with Crippen molar-refractivity contribution in [3.8, 4) is 0 Å². The van der Waals surface area contributed by atoms with E-state index in [0.717, 1.165) is 57.2 Å². The van der Waals surface area contributed by atoms with Crippen LogP contribution in [0.15, 0.2) is 10.6 Å². The number of hydrogen-bond acceptors (Lipinski definition) is 5. The van der Waals surface area contributed by atoms with E-state index < -0.39 is 0 Å². The highest BCUT2D eigenvalue weighted by Crippen LogP contribution is 2.09. The van der Waals surface area contributed by atoms with Gasteiger partial charge in [0.15, 0.2) is 5.76 Å². The van der Waals surface area contributed by atoms with Gasteiger partial charge in [0.2, 0.25) is 0 Å². The molecule has 0 atom stereocenters. The van der Waals surface area contributed by atoms with Crippen LogP contribution in [0.5, 0.6) is 0 Å². The molecule has 1 aliphatic heterocycles. The number of urea groups is 1. The van der Waals surface area contributed by atoms with E-state index in [4.69, 9.17) is 9.26 Å². The molecule has 2 rings (SSSR count). The number of nitrogens with one attached hydrogen (secondary N) is 1. The number of aromatic nitrogens is 1. The van der Waals surface area contributed by atoms with Crippen LogP contribution in [0, 0.1) is 12.8 Å². The first-order valence-corrected chi connectivity index (χ1v) is 8.79. The van der Waals surface area contributed by atoms with Crippen molar-refractivity contribution in [2.24, 2.45) is 5.92 Å². The van der Waals surface area contributed by atoms with Crippen molar-refractivity contribution < 1.29 is 14.1 Å². The van der Waals surface area contributed by atoms with E-state index >= 15 is 0 Å². The van der Waals surface area contributed by atoms with Gasteiger partial charge in [0.1, 0.15) is 0 Å². The number of amides is 2. The minimum absolute atomic E-state index is 0.0222. The predicted octanol–water partition coefficient (Wildman–Crippen LogP) is 1.87. The van der Waals surface area contributed by atoms with Gasteiger partial charge in [0.05, 0.1) is 12.2 Å². The molecule has 1 aliphatic rings. The normalized spacial score (nSPS) is 15.9. The van der Waals surface area contributed by atoms with Gasteiger partial charge < -0.3 is 19.5 Å². The van der Waals surface area contributed by atoms with Gasteiger partial charge in [0, 0.05) is 52.0 Å². The Morgan fingerprint density at radius 1 is 1.38 bits per heavy atom. The van der Waals surface area contributed by atoms with Crippen LogP contribution in [-0.4, -0.2) is 66.9 Å². The molecule has 0 bridgehead atoms. The molecule has 0 aromatic carbocycles. The average Bonchev–Trinajstić information content (AvgIpc) is 2.96. The summed E-state index contributed by atoms with van der Waals surface area (Å²) in [5.41, 5.74) is 0.903. The molecule has 1 aromatic rings. The lowest BCUT2D eigenvalue weighted by atomic mass is 10.2. The van der Waals surface area contributed by atoms with Gasteiger partial charge >= 0.3 is 6.03 Å². The number of ether oxygens (including phenoxy) is 1. The third-order valence-corrected chi connectivity index (χ3v) is 3.91. The fourth-order valence-corrected chi connectivity index (χ4v) is 2.62. The van der Waals surface area contributed by atoms with Crippen LogP contribution in [0.3, 0.4) is 0 Å². The summed E-state index contributed by atoms with van der Waals surface area (Å²) in [4.78, 5) is 16.3. The molecule has 136 valence electrons. The summed E-state index contributed by atoms with van der Waals surface area (Å²) in [5.74, 6) is 1.43. The van der Waals surface area contributed by atoms with Crippen molar-refractivity contribution in [3.05, 3.63) is 17.5 Å². The van der Waals surface area contributed by atoms with Crippen molar-refractivity contribution in [1.29, 1.82) is 0 Å². The van der Waals surface area contributed by atoms with Gasteiger partial charge in [-0.25, -0.2) is 4.79 Å². The van der Waals surface area contributed by atoms with Crippen LogP contribution in [0.1, 0.15) is 31.7 Å². The summed E-state index contributed by atoms with van der Waals surface area (Å²) in [6.45, 7) is 12.3. The molecule has 2 amide bonds. The standard InChI is InChI=1S/C17H30N4O3/c1-14(2)13-23-10-4-5-18-17(22)21-8-6-20(7-9-21)12-16-11-15(3)19-24-16/h11,14H,4-10,12-13H2,1-3H3,(H,18,22). The Balaban J connectivity index is 1.57. The van der Waals surface area contributed by atoms with E-state index in [1.807, 2.05) is 17.9 Å². The van der Waals surface area contributed by atoms with Crippen molar-refractivity contribution >= 4 is 6.03 Å². The lowest BCUT2D eigenvalue weighted by Gasteiger charge is -2.34. The topological polar surface area (TPSA) is 70.8 Å². The number of carbonyl (C=O) groups excluding carboxylic acids is 1. The van der Waals surface area contributed by atoms with Crippen LogP contribution >= 0.6 is 0 Å². The minimum atomic E-state index is 0.0222. The van der Waals surface area contributed by atoms with Crippen molar-refractivity contribution in [2.75, 3.05) is 45.9 Å². The molecule has 7 heteroatoms. The molecule has 1 fully saturated rings. The number of nitrogens with zero attached hydrogens (tertiary/aromatic N) is 3. The van der Waals surface area contributed by atoms with Crippen LogP contribution in [-0.2, 0) is 11.3 Å². The summed E-state index contributed by atoms with van der Waals surface area (Å²) in [5, 5.41) is 6.87. The van der Waals surface area contributed by atoms with Gasteiger partial charge in [-0.3, -0.25) is 4.90 Å². The summed E-state index contributed by atoms with van der Waals surface area (Å²) in [6.07, 6.45) is 0.850. The zero-order chi connectivity index (χ0) is 17.4. The summed E-state index contributed by atoms with van der Waals surface area (Å²) in [6, 6.07) is 1.98. The Kier molecular flexibility index (Phi) is 7.52. The molecule has 2 heterocycles. The Labute approximate surface area is 144 Å². The zero-order valence-corrected chi connectivity index (χ0v) is 15.1. The summed E-state index contributed by atoms with van der Waals surface area (Å²) >= 11 is 0. The second-order valence-corrected chi connectivity index (χ2v) is 6.75. The first-order chi connectivity index (χ1) is 11.5. The SMILES string of the molecule is Cc1cc(CN2CCN(C(=O)NCCCOCC(C)C)CC2)on1. The lowest BCUT2D eigenvalue weighted by Crippen LogP contribution is -2.51. The minimum Gasteiger partial charge on any atom is -0.381 e. The maximum Gasteiger partial charge on any atom is 0.317 e. The molecule has 1 N–H and O–H groups in total. The Morgan fingerprint density at radius 3 is 2.75 bits per heavy atom.